The van der Waals surface area contributed by atoms with E-state index in [2.05, 4.69) is 5.32 Å². The fraction of sp³-hybridized carbons (Fsp3) is 0.192. The fourth-order valence-corrected chi connectivity index (χ4v) is 4.71. The number of hydrogen-bond acceptors (Lipinski definition) is 7. The van der Waals surface area contributed by atoms with Crippen LogP contribution in [0.25, 0.3) is 22.3 Å². The van der Waals surface area contributed by atoms with E-state index in [9.17, 15) is 14.4 Å². The maximum atomic E-state index is 13.3. The number of methoxy groups -OCH3 is 1. The summed E-state index contributed by atoms with van der Waals surface area (Å²) in [6.07, 6.45) is -1.08. The Labute approximate surface area is 210 Å². The third-order valence-corrected chi connectivity index (χ3v) is 6.91. The zero-order chi connectivity index (χ0) is 25.3. The number of halogens is 1. The van der Waals surface area contributed by atoms with Crippen molar-refractivity contribution in [2.24, 2.45) is 0 Å². The van der Waals surface area contributed by atoms with Crippen LogP contribution in [0.2, 0.25) is 5.02 Å². The van der Waals surface area contributed by atoms with Crippen molar-refractivity contribution in [1.82, 2.24) is 0 Å². The topological polar surface area (TPSA) is 94.8 Å². The molecule has 4 aromatic rings. The van der Waals surface area contributed by atoms with Crippen molar-refractivity contribution in [1.29, 1.82) is 0 Å². The van der Waals surface area contributed by atoms with Gasteiger partial charge in [-0.3, -0.25) is 9.59 Å². The monoisotopic (exact) mass is 511 g/mol. The molecule has 0 saturated heterocycles. The molecule has 0 aliphatic carbocycles. The van der Waals surface area contributed by atoms with Gasteiger partial charge in [0.25, 0.3) is 5.91 Å². The minimum absolute atomic E-state index is 0.0968. The highest BCUT2D eigenvalue weighted by atomic mass is 35.5. The summed E-state index contributed by atoms with van der Waals surface area (Å²) in [5.74, 6) is -0.995. The first-order chi connectivity index (χ1) is 16.7. The van der Waals surface area contributed by atoms with Crippen LogP contribution in [-0.2, 0) is 9.53 Å². The summed E-state index contributed by atoms with van der Waals surface area (Å²) in [5, 5.41) is 3.94. The molecule has 4 rings (SSSR count). The highest BCUT2D eigenvalue weighted by molar-refractivity contribution is 7.16. The molecule has 1 amide bonds. The average molecular weight is 512 g/mol. The Bertz CT molecular complexity index is 1490. The number of fused-ring (bicyclic) bond motifs is 1. The molecule has 180 valence electrons. The Morgan fingerprint density at radius 3 is 2.46 bits per heavy atom. The number of thiophene rings is 1. The summed E-state index contributed by atoms with van der Waals surface area (Å²) in [6.45, 7) is 5.15. The van der Waals surface area contributed by atoms with E-state index in [1.54, 1.807) is 55.5 Å². The molecule has 2 aromatic carbocycles. The Morgan fingerprint density at radius 1 is 1.09 bits per heavy atom. The molecule has 2 heterocycles. The van der Waals surface area contributed by atoms with Gasteiger partial charge in [-0.25, -0.2) is 4.79 Å². The molecule has 2 aromatic heterocycles. The van der Waals surface area contributed by atoms with E-state index in [1.807, 2.05) is 6.92 Å². The zero-order valence-electron chi connectivity index (χ0n) is 19.4. The Kier molecular flexibility index (Phi) is 6.95. The predicted octanol–water partition coefficient (Wildman–Crippen LogP) is 5.98. The lowest BCUT2D eigenvalue weighted by Gasteiger charge is -2.17. The van der Waals surface area contributed by atoms with E-state index in [-0.39, 0.29) is 11.5 Å². The second-order valence-electron chi connectivity index (χ2n) is 7.82. The predicted molar refractivity (Wildman–Crippen MR) is 137 cm³/mol. The van der Waals surface area contributed by atoms with Crippen LogP contribution in [0.15, 0.2) is 57.7 Å². The third kappa shape index (κ3) is 4.80. The van der Waals surface area contributed by atoms with Crippen LogP contribution in [-0.4, -0.2) is 25.1 Å². The summed E-state index contributed by atoms with van der Waals surface area (Å²) < 4.78 is 16.8. The number of hydrogen-bond donors (Lipinski definition) is 1. The molecule has 0 fully saturated rings. The fourth-order valence-electron chi connectivity index (χ4n) is 3.53. The molecule has 7 nitrogen and oxygen atoms in total. The van der Waals surface area contributed by atoms with Crippen LogP contribution in [0.5, 0.6) is 5.75 Å². The van der Waals surface area contributed by atoms with Crippen molar-refractivity contribution >= 4 is 50.8 Å². The molecule has 0 bridgehead atoms. The Morgan fingerprint density at radius 2 is 1.77 bits per heavy atom. The Balaban J connectivity index is 1.71. The lowest BCUT2D eigenvalue weighted by atomic mass is 10.1. The number of ether oxygens (including phenoxy) is 2. The van der Waals surface area contributed by atoms with Crippen molar-refractivity contribution in [2.45, 2.75) is 26.9 Å². The first-order valence-electron chi connectivity index (χ1n) is 10.7. The van der Waals surface area contributed by atoms with E-state index in [0.29, 0.717) is 32.1 Å². The minimum Gasteiger partial charge on any atom is -0.473 e. The van der Waals surface area contributed by atoms with Gasteiger partial charge in [-0.05, 0) is 62.7 Å². The first-order valence-corrected chi connectivity index (χ1v) is 11.9. The number of carbonyl (C=O) groups excluding carboxylic acids is 2. The lowest BCUT2D eigenvalue weighted by molar-refractivity contribution is -0.122. The molecule has 0 spiro atoms. The lowest BCUT2D eigenvalue weighted by Crippen LogP contribution is -2.32. The van der Waals surface area contributed by atoms with Gasteiger partial charge in [0.1, 0.15) is 10.6 Å². The number of esters is 1. The molecule has 9 heteroatoms. The van der Waals surface area contributed by atoms with Gasteiger partial charge in [-0.15, -0.1) is 11.3 Å². The van der Waals surface area contributed by atoms with Gasteiger partial charge in [0.15, 0.2) is 11.9 Å². The Hall–Kier alpha value is -3.62. The van der Waals surface area contributed by atoms with Gasteiger partial charge in [0, 0.05) is 15.5 Å². The van der Waals surface area contributed by atoms with Crippen molar-refractivity contribution in [3.8, 4) is 17.1 Å². The van der Waals surface area contributed by atoms with Gasteiger partial charge in [-0.2, -0.15) is 0 Å². The highest BCUT2D eigenvalue weighted by Crippen LogP contribution is 2.34. The number of nitrogens with one attached hydrogen (secondary N) is 1. The van der Waals surface area contributed by atoms with Crippen LogP contribution in [0.3, 0.4) is 0 Å². The number of rotatable bonds is 6. The summed E-state index contributed by atoms with van der Waals surface area (Å²) in [5.41, 5.74) is 1.57. The molecular formula is C26H22ClNO6S. The molecule has 1 unspecified atom stereocenters. The van der Waals surface area contributed by atoms with Gasteiger partial charge in [-0.1, -0.05) is 23.7 Å². The number of amides is 1. The second-order valence-corrected chi connectivity index (χ2v) is 9.48. The molecule has 0 saturated carbocycles. The van der Waals surface area contributed by atoms with Crippen LogP contribution in [0.1, 0.15) is 27.7 Å². The van der Waals surface area contributed by atoms with Crippen LogP contribution < -0.4 is 15.5 Å². The van der Waals surface area contributed by atoms with E-state index < -0.39 is 23.4 Å². The average Bonchev–Trinajstić information content (AvgIpc) is 3.13. The van der Waals surface area contributed by atoms with Crippen molar-refractivity contribution in [2.75, 3.05) is 12.4 Å². The molecule has 0 radical (unpaired) electrons. The quantitative estimate of drug-likeness (QED) is 0.320. The normalized spacial score (nSPS) is 11.8. The van der Waals surface area contributed by atoms with E-state index >= 15 is 0 Å². The van der Waals surface area contributed by atoms with Crippen molar-refractivity contribution < 1.29 is 23.5 Å². The number of carbonyl (C=O) groups is 2. The highest BCUT2D eigenvalue weighted by Gasteiger charge is 2.26. The second kappa shape index (κ2) is 9.93. The van der Waals surface area contributed by atoms with Gasteiger partial charge < -0.3 is 19.2 Å². The molecule has 1 N–H and O–H groups in total. The van der Waals surface area contributed by atoms with E-state index in [1.165, 1.54) is 25.4 Å². The molecule has 35 heavy (non-hydrogen) atoms. The van der Waals surface area contributed by atoms with Crippen molar-refractivity contribution in [3.05, 3.63) is 79.8 Å². The maximum Gasteiger partial charge on any atom is 0.341 e. The summed E-state index contributed by atoms with van der Waals surface area (Å²) >= 11 is 7.28. The van der Waals surface area contributed by atoms with Crippen LogP contribution in [0.4, 0.5) is 5.00 Å². The van der Waals surface area contributed by atoms with Crippen LogP contribution in [0, 0.1) is 13.8 Å². The summed E-state index contributed by atoms with van der Waals surface area (Å²) in [7, 11) is 1.28. The van der Waals surface area contributed by atoms with Gasteiger partial charge in [0.05, 0.1) is 18.1 Å². The molecule has 0 aliphatic rings. The smallest absolute Gasteiger partial charge is 0.341 e. The molecule has 0 aliphatic heterocycles. The maximum absolute atomic E-state index is 13.3. The number of para-hydroxylation sites is 1. The van der Waals surface area contributed by atoms with Gasteiger partial charge in [0.2, 0.25) is 11.2 Å². The van der Waals surface area contributed by atoms with E-state index in [4.69, 9.17) is 25.5 Å². The third-order valence-electron chi connectivity index (χ3n) is 5.54. The number of anilines is 1. The SMILES string of the molecule is COC(=O)c1c(NC(=O)C(C)Oc2c(-c3ccc(Cl)cc3)oc3ccccc3c2=O)sc(C)c1C. The van der Waals surface area contributed by atoms with Crippen molar-refractivity contribution in [3.63, 3.8) is 0 Å². The largest absolute Gasteiger partial charge is 0.473 e. The molecular weight excluding hydrogens is 490 g/mol. The number of aryl methyl sites for hydroxylation is 1. The van der Waals surface area contributed by atoms with Gasteiger partial charge >= 0.3 is 5.97 Å². The summed E-state index contributed by atoms with van der Waals surface area (Å²) in [6, 6.07) is 13.5. The first kappa shape index (κ1) is 24.5. The van der Waals surface area contributed by atoms with E-state index in [0.717, 1.165) is 10.4 Å². The summed E-state index contributed by atoms with van der Waals surface area (Å²) in [4.78, 5) is 39.5. The molecule has 1 atom stereocenters. The zero-order valence-corrected chi connectivity index (χ0v) is 21.0. The standard InChI is InChI=1S/C26H22ClNO6S/c1-13-15(3)35-25(20(13)26(31)32-4)28-24(30)14(2)33-23-21(29)18-7-5-6-8-19(18)34-22(23)16-9-11-17(27)12-10-16/h5-12,14H,1-4H3,(H,28,30). The number of benzene rings is 2. The van der Waals surface area contributed by atoms with Crippen LogP contribution >= 0.6 is 22.9 Å². The minimum atomic E-state index is -1.08.